The molecule has 2 atom stereocenters. The lowest BCUT2D eigenvalue weighted by molar-refractivity contribution is 0.0294. The molecular formula is C80H80N6O4. The Morgan fingerprint density at radius 3 is 0.633 bits per heavy atom. The minimum absolute atomic E-state index is 0.259. The monoisotopic (exact) mass is 1190 g/mol. The fraction of sp³-hybridized carbons (Fsp3) is 0.200. The maximum absolute atomic E-state index is 15.5. The number of hydrogen-bond acceptors (Lipinski definition) is 10. The Morgan fingerprint density at radius 1 is 0.278 bits per heavy atom. The van der Waals surface area contributed by atoms with Crippen LogP contribution >= 0.6 is 0 Å². The first-order valence-electron chi connectivity index (χ1n) is 30.5. The number of carbonyl (C=O) groups excluding carboxylic acids is 2. The fourth-order valence-corrected chi connectivity index (χ4v) is 11.9. The number of ether oxygens (including phenoxy) is 2. The summed E-state index contributed by atoms with van der Waals surface area (Å²) >= 11 is 0. The summed E-state index contributed by atoms with van der Waals surface area (Å²) in [6.07, 6.45) is 8.44. The summed E-state index contributed by atoms with van der Waals surface area (Å²) in [4.78, 5) is 43.5. The van der Waals surface area contributed by atoms with E-state index in [0.717, 1.165) is 112 Å². The second-order valence-electron chi connectivity index (χ2n) is 24.9. The van der Waals surface area contributed by atoms with E-state index in [2.05, 4.69) is 262 Å². The lowest BCUT2D eigenvalue weighted by Crippen LogP contribution is -2.25. The van der Waals surface area contributed by atoms with Gasteiger partial charge in [-0.2, -0.15) is 0 Å². The Morgan fingerprint density at radius 2 is 0.456 bits per heavy atom. The van der Waals surface area contributed by atoms with Crippen LogP contribution in [-0.4, -0.2) is 96.5 Å². The van der Waals surface area contributed by atoms with Crippen molar-refractivity contribution in [3.63, 3.8) is 0 Å². The fourth-order valence-electron chi connectivity index (χ4n) is 11.9. The zero-order valence-corrected chi connectivity index (χ0v) is 54.3. The third kappa shape index (κ3) is 12.4. The lowest BCUT2D eigenvalue weighted by atomic mass is 9.78. The molecule has 0 fully saturated rings. The molecule has 0 bridgehead atoms. The van der Waals surface area contributed by atoms with E-state index < -0.39 is 23.1 Å². The van der Waals surface area contributed by atoms with E-state index in [-0.39, 0.29) is 11.1 Å². The molecule has 0 radical (unpaired) electrons. The lowest BCUT2D eigenvalue weighted by Gasteiger charge is -2.29. The van der Waals surface area contributed by atoms with Crippen molar-refractivity contribution in [1.29, 1.82) is 0 Å². The normalized spacial score (nSPS) is 15.9. The van der Waals surface area contributed by atoms with Crippen LogP contribution in [0.5, 0.6) is 0 Å². The Balaban J connectivity index is 1.29. The van der Waals surface area contributed by atoms with Gasteiger partial charge in [-0.1, -0.05) is 132 Å². The van der Waals surface area contributed by atoms with Crippen molar-refractivity contribution in [2.24, 2.45) is 0 Å². The molecule has 0 amide bonds. The van der Waals surface area contributed by atoms with Crippen molar-refractivity contribution in [1.82, 2.24) is 0 Å². The van der Waals surface area contributed by atoms with Crippen LogP contribution in [-0.2, 0) is 20.7 Å². The average molecular weight is 1190 g/mol. The minimum Gasteiger partial charge on any atom is -0.442 e. The molecule has 0 aliphatic carbocycles. The van der Waals surface area contributed by atoms with Gasteiger partial charge in [-0.25, -0.2) is 9.59 Å². The Kier molecular flexibility index (Phi) is 17.1. The molecule has 2 aliphatic rings. The highest BCUT2D eigenvalue weighted by Crippen LogP contribution is 2.52. The van der Waals surface area contributed by atoms with Crippen molar-refractivity contribution >= 4 is 68.4 Å². The first-order chi connectivity index (χ1) is 43.1. The number of rotatable bonds is 18. The van der Waals surface area contributed by atoms with Gasteiger partial charge in [0.15, 0.2) is 11.2 Å². The molecule has 9 aromatic rings. The molecule has 2 heterocycles. The zero-order chi connectivity index (χ0) is 63.8. The predicted molar refractivity (Wildman–Crippen MR) is 376 cm³/mol. The van der Waals surface area contributed by atoms with Gasteiger partial charge in [0, 0.05) is 130 Å². The summed E-state index contributed by atoms with van der Waals surface area (Å²) in [5, 5.41) is 0. The number of esters is 2. The first kappa shape index (κ1) is 61.3. The van der Waals surface area contributed by atoms with E-state index in [0.29, 0.717) is 11.1 Å². The molecule has 2 unspecified atom stereocenters. The van der Waals surface area contributed by atoms with E-state index in [4.69, 9.17) is 9.47 Å². The number of anilines is 6. The Hall–Kier alpha value is -10.3. The third-order valence-corrected chi connectivity index (χ3v) is 17.3. The third-order valence-electron chi connectivity index (χ3n) is 17.3. The van der Waals surface area contributed by atoms with Gasteiger partial charge in [0.1, 0.15) is 0 Å². The van der Waals surface area contributed by atoms with Gasteiger partial charge in [-0.15, -0.1) is 0 Å². The topological polar surface area (TPSA) is 72.0 Å². The van der Waals surface area contributed by atoms with E-state index >= 15 is 9.59 Å². The van der Waals surface area contributed by atoms with Crippen LogP contribution in [0.4, 0.5) is 34.1 Å². The number of nitrogens with zero attached hydrogens (tertiary/aromatic N) is 6. The molecule has 0 saturated heterocycles. The van der Waals surface area contributed by atoms with Gasteiger partial charge in [0.05, 0.1) is 11.1 Å². The van der Waals surface area contributed by atoms with Crippen LogP contribution in [0.3, 0.4) is 0 Å². The number of cyclic esters (lactones) is 2. The maximum atomic E-state index is 15.5. The predicted octanol–water partition coefficient (Wildman–Crippen LogP) is 16.0. The van der Waals surface area contributed by atoms with Gasteiger partial charge < -0.3 is 38.9 Å². The number of fused-ring (bicyclic) bond motifs is 2. The van der Waals surface area contributed by atoms with E-state index in [1.54, 1.807) is 6.07 Å². The zero-order valence-electron chi connectivity index (χ0n) is 54.3. The smallest absolute Gasteiger partial charge is 0.340 e. The number of carbonyl (C=O) groups is 2. The molecule has 0 N–H and O–H groups in total. The van der Waals surface area contributed by atoms with E-state index in [1.807, 2.05) is 90.6 Å². The summed E-state index contributed by atoms with van der Waals surface area (Å²) < 4.78 is 14.4. The Labute approximate surface area is 532 Å². The summed E-state index contributed by atoms with van der Waals surface area (Å²) in [7, 11) is 24.4. The van der Waals surface area contributed by atoms with Gasteiger partial charge in [0.2, 0.25) is 0 Å². The molecule has 2 aliphatic heterocycles. The average Bonchev–Trinajstić information content (AvgIpc) is 1.56. The number of benzene rings is 9. The van der Waals surface area contributed by atoms with Crippen molar-refractivity contribution in [2.45, 2.75) is 25.0 Å². The molecule has 0 spiro atoms. The molecular weight excluding hydrogens is 1110 g/mol. The summed E-state index contributed by atoms with van der Waals surface area (Å²) in [6, 6.07) is 71.6. The number of aryl methyl sites for hydroxylation is 2. The summed E-state index contributed by atoms with van der Waals surface area (Å²) in [5.41, 5.74) is 17.5. The van der Waals surface area contributed by atoms with Gasteiger partial charge in [0.25, 0.3) is 0 Å². The van der Waals surface area contributed by atoms with Crippen molar-refractivity contribution in [3.05, 3.63) is 308 Å². The van der Waals surface area contributed by atoms with Crippen molar-refractivity contribution < 1.29 is 19.1 Å². The highest BCUT2D eigenvalue weighted by atomic mass is 16.6. The minimum atomic E-state index is -1.63. The largest absolute Gasteiger partial charge is 0.442 e. The van der Waals surface area contributed by atoms with Gasteiger partial charge in [-0.05, 0) is 190 Å². The van der Waals surface area contributed by atoms with Crippen molar-refractivity contribution in [3.8, 4) is 0 Å². The highest BCUT2D eigenvalue weighted by Gasteiger charge is 2.50. The van der Waals surface area contributed by atoms with Crippen LogP contribution in [0.25, 0.3) is 22.3 Å². The molecule has 10 nitrogen and oxygen atoms in total. The van der Waals surface area contributed by atoms with Crippen LogP contribution in [0.15, 0.2) is 231 Å². The van der Waals surface area contributed by atoms with Crippen LogP contribution < -0.4 is 29.4 Å². The Bertz CT molecular complexity index is 3850. The molecule has 0 saturated carbocycles. The first-order valence-corrected chi connectivity index (χ1v) is 30.5. The van der Waals surface area contributed by atoms with Crippen LogP contribution in [0.1, 0.15) is 87.5 Å². The molecule has 11 rings (SSSR count). The second-order valence-corrected chi connectivity index (χ2v) is 24.9. The standard InChI is InChI=1S/C80H80N6O4/c1-53-15-19-55(20-16-53)71(57-23-35-63(36-24-57)81(3)4)49-79(51-73(59-27-39-65(40-28-59)83(7)8)60-29-41-66(42-30-60)84(9)10)75-48-76-70(47-69(75)77(87)89-79)78(88)90-80(76,50-72(56-21-17-54(2)18-22-56)58-25-37-64(38-26-58)82(5)6)52-74(61-31-43-67(44-32-61)85(11)12)62-33-45-68(46-34-62)86(13)14/h15-52H,1-14H3. The van der Waals surface area contributed by atoms with Crippen molar-refractivity contribution in [2.75, 3.05) is 114 Å². The quantitative estimate of drug-likeness (QED) is 0.0776. The van der Waals surface area contributed by atoms with E-state index in [1.165, 1.54) is 0 Å². The molecule has 90 heavy (non-hydrogen) atoms. The van der Waals surface area contributed by atoms with Crippen LogP contribution in [0.2, 0.25) is 0 Å². The second kappa shape index (κ2) is 25.0. The van der Waals surface area contributed by atoms with Gasteiger partial charge in [-0.3, -0.25) is 0 Å². The molecule has 9 aromatic carbocycles. The SMILES string of the molecule is Cc1ccc(C(=CC2(C=C(c3ccc(N(C)C)cc3)c3ccc(N(C)C)cc3)OC(=O)c3cc4c(cc32)C(C=C(c2ccc(C)cc2)c2ccc(N(C)C)cc2)(C=C(c2ccc(N(C)C)cc2)c2ccc(N(C)C)cc2)OC4=O)c2ccc(N(C)C)cc2)cc1. The number of hydrogen-bond donors (Lipinski definition) is 0. The van der Waals surface area contributed by atoms with Gasteiger partial charge >= 0.3 is 11.9 Å². The summed E-state index contributed by atoms with van der Waals surface area (Å²) in [6.45, 7) is 4.16. The molecule has 10 heteroatoms. The maximum Gasteiger partial charge on any atom is 0.340 e. The highest BCUT2D eigenvalue weighted by molar-refractivity contribution is 6.04. The van der Waals surface area contributed by atoms with Crippen LogP contribution in [0, 0.1) is 13.8 Å². The molecule has 0 aromatic heterocycles. The summed E-state index contributed by atoms with van der Waals surface area (Å²) in [5.74, 6) is -1.14. The van der Waals surface area contributed by atoms with E-state index in [9.17, 15) is 0 Å². The molecule has 454 valence electrons.